The van der Waals surface area contributed by atoms with E-state index in [1.807, 2.05) is 6.07 Å². The van der Waals surface area contributed by atoms with Crippen LogP contribution in [-0.4, -0.2) is 30.6 Å². The smallest absolute Gasteiger partial charge is 0.409 e. The molecule has 0 unspecified atom stereocenters. The Labute approximate surface area is 158 Å². The van der Waals surface area contributed by atoms with E-state index in [-0.39, 0.29) is 17.1 Å². The molecule has 2 amide bonds. The number of alkyl halides is 3. The van der Waals surface area contributed by atoms with E-state index in [9.17, 15) is 22.8 Å². The van der Waals surface area contributed by atoms with Gasteiger partial charge in [0.05, 0.1) is 29.4 Å². The Bertz CT molecular complexity index is 936. The summed E-state index contributed by atoms with van der Waals surface area (Å²) < 4.78 is 46.1. The average molecular weight is 389 g/mol. The van der Waals surface area contributed by atoms with Gasteiger partial charge in [-0.05, 0) is 36.4 Å². The van der Waals surface area contributed by atoms with E-state index in [1.165, 1.54) is 42.5 Å². The van der Waals surface area contributed by atoms with E-state index in [2.05, 4.69) is 5.32 Å². The van der Waals surface area contributed by atoms with Gasteiger partial charge in [0.1, 0.15) is 11.8 Å². The summed E-state index contributed by atoms with van der Waals surface area (Å²) in [6.45, 7) is -0.666. The van der Waals surface area contributed by atoms with Crippen LogP contribution in [0.3, 0.4) is 0 Å². The van der Waals surface area contributed by atoms with Crippen molar-refractivity contribution in [1.29, 1.82) is 5.26 Å². The SMILES string of the molecule is N#Cc1ccc(OCC(=O)N2c3ccccc3NC(=O)C[C@H]2C(F)(F)F)cc1. The summed E-state index contributed by atoms with van der Waals surface area (Å²) in [5.41, 5.74) is 0.442. The standard InChI is InChI=1S/C19H14F3N3O3/c20-19(21,22)16-9-17(26)24-14-3-1-2-4-15(14)25(16)18(27)11-28-13-7-5-12(10-23)6-8-13/h1-8,16H,9,11H2,(H,24,26)/t16-/m0/s1. The zero-order chi connectivity index (χ0) is 20.3. The molecule has 2 aromatic carbocycles. The van der Waals surface area contributed by atoms with Crippen molar-refractivity contribution >= 4 is 23.2 Å². The number of amides is 2. The number of carbonyl (C=O) groups is 2. The van der Waals surface area contributed by atoms with Gasteiger partial charge in [-0.15, -0.1) is 0 Å². The minimum absolute atomic E-state index is 0.0518. The molecule has 0 aromatic heterocycles. The number of carbonyl (C=O) groups excluding carboxylic acids is 2. The van der Waals surface area contributed by atoms with Crippen LogP contribution in [0.5, 0.6) is 5.75 Å². The second-order valence-corrected chi connectivity index (χ2v) is 6.02. The van der Waals surface area contributed by atoms with E-state index in [0.29, 0.717) is 10.5 Å². The fraction of sp³-hybridized carbons (Fsp3) is 0.211. The van der Waals surface area contributed by atoms with Crippen LogP contribution in [0.25, 0.3) is 0 Å². The van der Waals surface area contributed by atoms with Gasteiger partial charge >= 0.3 is 6.18 Å². The summed E-state index contributed by atoms with van der Waals surface area (Å²) in [6.07, 6.45) is -5.72. The van der Waals surface area contributed by atoms with E-state index < -0.39 is 37.1 Å². The normalized spacial score (nSPS) is 16.4. The average Bonchev–Trinajstić information content (AvgIpc) is 2.82. The summed E-state index contributed by atoms with van der Waals surface area (Å²) in [7, 11) is 0. The first-order valence-corrected chi connectivity index (χ1v) is 8.20. The van der Waals surface area contributed by atoms with Gasteiger partial charge in [-0.1, -0.05) is 12.1 Å². The lowest BCUT2D eigenvalue weighted by molar-refractivity contribution is -0.158. The fourth-order valence-corrected chi connectivity index (χ4v) is 2.84. The molecule has 1 atom stereocenters. The second kappa shape index (κ2) is 7.60. The van der Waals surface area contributed by atoms with Crippen molar-refractivity contribution in [2.45, 2.75) is 18.6 Å². The highest BCUT2D eigenvalue weighted by Crippen LogP contribution is 2.37. The highest BCUT2D eigenvalue weighted by Gasteiger charge is 2.49. The number of nitrogens with zero attached hydrogens (tertiary/aromatic N) is 2. The maximum absolute atomic E-state index is 13.6. The Morgan fingerprint density at radius 3 is 2.54 bits per heavy atom. The van der Waals surface area contributed by atoms with E-state index in [1.54, 1.807) is 6.07 Å². The molecule has 0 bridgehead atoms. The van der Waals surface area contributed by atoms with Crippen molar-refractivity contribution in [3.8, 4) is 11.8 Å². The molecule has 0 spiro atoms. The molecule has 9 heteroatoms. The molecule has 0 aliphatic carbocycles. The van der Waals surface area contributed by atoms with Gasteiger partial charge in [0.25, 0.3) is 5.91 Å². The Hall–Kier alpha value is -3.54. The number of fused-ring (bicyclic) bond motifs is 1. The number of ether oxygens (including phenoxy) is 1. The molecule has 0 saturated heterocycles. The molecule has 1 N–H and O–H groups in total. The molecule has 1 aliphatic rings. The first-order valence-electron chi connectivity index (χ1n) is 8.20. The van der Waals surface area contributed by atoms with E-state index >= 15 is 0 Å². The van der Waals surface area contributed by atoms with Crippen molar-refractivity contribution in [2.75, 3.05) is 16.8 Å². The zero-order valence-electron chi connectivity index (χ0n) is 14.4. The van der Waals surface area contributed by atoms with Crippen LogP contribution in [0, 0.1) is 11.3 Å². The molecule has 28 heavy (non-hydrogen) atoms. The molecule has 1 aliphatic heterocycles. The Balaban J connectivity index is 1.89. The lowest BCUT2D eigenvalue weighted by atomic mass is 10.1. The molecule has 6 nitrogen and oxygen atoms in total. The molecule has 3 rings (SSSR count). The van der Waals surface area contributed by atoms with Gasteiger partial charge in [-0.25, -0.2) is 0 Å². The number of nitriles is 1. The summed E-state index contributed by atoms with van der Waals surface area (Å²) in [4.78, 5) is 25.1. The van der Waals surface area contributed by atoms with Crippen LogP contribution in [-0.2, 0) is 9.59 Å². The zero-order valence-corrected chi connectivity index (χ0v) is 14.4. The lowest BCUT2D eigenvalue weighted by Crippen LogP contribution is -2.51. The highest BCUT2D eigenvalue weighted by atomic mass is 19.4. The van der Waals surface area contributed by atoms with Gasteiger partial charge in [0.15, 0.2) is 6.61 Å². The lowest BCUT2D eigenvalue weighted by Gasteiger charge is -2.31. The molecular weight excluding hydrogens is 375 g/mol. The third-order valence-electron chi connectivity index (χ3n) is 4.12. The molecular formula is C19H14F3N3O3. The third-order valence-corrected chi connectivity index (χ3v) is 4.12. The summed E-state index contributed by atoms with van der Waals surface area (Å²) in [6, 6.07) is 11.2. The summed E-state index contributed by atoms with van der Waals surface area (Å²) in [5.74, 6) is -1.55. The van der Waals surface area contributed by atoms with Gasteiger partial charge in [-0.3, -0.25) is 14.5 Å². The maximum atomic E-state index is 13.6. The number of para-hydroxylation sites is 2. The van der Waals surface area contributed by atoms with Crippen LogP contribution in [0.2, 0.25) is 0 Å². The molecule has 0 fully saturated rings. The van der Waals surface area contributed by atoms with E-state index in [4.69, 9.17) is 10.00 Å². The molecule has 1 heterocycles. The molecule has 0 radical (unpaired) electrons. The Kier molecular flexibility index (Phi) is 5.22. The van der Waals surface area contributed by atoms with Gasteiger partial charge in [-0.2, -0.15) is 18.4 Å². The fourth-order valence-electron chi connectivity index (χ4n) is 2.84. The first-order chi connectivity index (χ1) is 13.3. The number of halogens is 3. The van der Waals surface area contributed by atoms with Crippen molar-refractivity contribution in [2.24, 2.45) is 0 Å². The van der Waals surface area contributed by atoms with Crippen LogP contribution >= 0.6 is 0 Å². The van der Waals surface area contributed by atoms with Crippen molar-refractivity contribution in [3.05, 3.63) is 54.1 Å². The molecule has 0 saturated carbocycles. The molecule has 144 valence electrons. The minimum atomic E-state index is -4.81. The summed E-state index contributed by atoms with van der Waals surface area (Å²) in [5, 5.41) is 11.2. The topological polar surface area (TPSA) is 82.4 Å². The van der Waals surface area contributed by atoms with Crippen LogP contribution < -0.4 is 15.0 Å². The Morgan fingerprint density at radius 2 is 1.89 bits per heavy atom. The number of rotatable bonds is 3. The number of hydrogen-bond donors (Lipinski definition) is 1. The van der Waals surface area contributed by atoms with Crippen LogP contribution in [0.1, 0.15) is 12.0 Å². The monoisotopic (exact) mass is 389 g/mol. The number of anilines is 2. The molecule has 2 aromatic rings. The van der Waals surface area contributed by atoms with Crippen molar-refractivity contribution in [3.63, 3.8) is 0 Å². The van der Waals surface area contributed by atoms with Gasteiger partial charge < -0.3 is 10.1 Å². The first kappa shape index (κ1) is 19.2. The predicted molar refractivity (Wildman–Crippen MR) is 93.7 cm³/mol. The van der Waals surface area contributed by atoms with E-state index in [0.717, 1.165) is 0 Å². The number of hydrogen-bond acceptors (Lipinski definition) is 4. The number of benzene rings is 2. The van der Waals surface area contributed by atoms with Gasteiger partial charge in [0.2, 0.25) is 5.91 Å². The Morgan fingerprint density at radius 1 is 1.21 bits per heavy atom. The maximum Gasteiger partial charge on any atom is 0.409 e. The van der Waals surface area contributed by atoms with Crippen LogP contribution in [0.15, 0.2) is 48.5 Å². The quantitative estimate of drug-likeness (QED) is 0.874. The van der Waals surface area contributed by atoms with Crippen molar-refractivity contribution < 1.29 is 27.5 Å². The van der Waals surface area contributed by atoms with Gasteiger partial charge in [0, 0.05) is 0 Å². The highest BCUT2D eigenvalue weighted by molar-refractivity contribution is 6.05. The van der Waals surface area contributed by atoms with Crippen molar-refractivity contribution in [1.82, 2.24) is 0 Å². The van der Waals surface area contributed by atoms with Crippen LogP contribution in [0.4, 0.5) is 24.5 Å². The predicted octanol–water partition coefficient (Wildman–Crippen LogP) is 3.24. The largest absolute Gasteiger partial charge is 0.484 e. The summed E-state index contributed by atoms with van der Waals surface area (Å²) >= 11 is 0. The second-order valence-electron chi connectivity index (χ2n) is 6.02. The minimum Gasteiger partial charge on any atom is -0.484 e. The third kappa shape index (κ3) is 4.06. The number of nitrogens with one attached hydrogen (secondary N) is 1.